The third-order valence-corrected chi connectivity index (χ3v) is 4.46. The van der Waals surface area contributed by atoms with Crippen LogP contribution in [0, 0.1) is 0 Å². The molecule has 2 unspecified atom stereocenters. The quantitative estimate of drug-likeness (QED) is 0.902. The fourth-order valence-corrected chi connectivity index (χ4v) is 3.56. The number of rotatable bonds is 3. The molecule has 3 rings (SSSR count). The Kier molecular flexibility index (Phi) is 3.08. The number of furan rings is 1. The molecule has 0 saturated carbocycles. The number of aliphatic hydroxyl groups excluding tert-OH is 1. The number of fused-ring (bicyclic) bond motifs is 1. The molecular weight excluding hydrogens is 264 g/mol. The van der Waals surface area contributed by atoms with Gasteiger partial charge in [0.1, 0.15) is 11.9 Å². The van der Waals surface area contributed by atoms with Crippen LogP contribution in [0.5, 0.6) is 0 Å². The van der Waals surface area contributed by atoms with Crippen LogP contribution in [-0.2, 0) is 0 Å². The summed E-state index contributed by atoms with van der Waals surface area (Å²) >= 11 is 1.69. The van der Waals surface area contributed by atoms with Gasteiger partial charge < -0.3 is 14.6 Å². The summed E-state index contributed by atoms with van der Waals surface area (Å²) in [7, 11) is 0. The Morgan fingerprint density at radius 1 is 1.32 bits per heavy atom. The molecular formula is C14H12O4S. The summed E-state index contributed by atoms with van der Waals surface area (Å²) in [6.45, 7) is 0. The Morgan fingerprint density at radius 2 is 2.11 bits per heavy atom. The van der Waals surface area contributed by atoms with Crippen LogP contribution in [0.4, 0.5) is 0 Å². The van der Waals surface area contributed by atoms with Crippen LogP contribution in [-0.4, -0.2) is 21.9 Å². The number of hydrogen-bond acceptors (Lipinski definition) is 4. The highest BCUT2D eigenvalue weighted by Gasteiger charge is 2.32. The van der Waals surface area contributed by atoms with Gasteiger partial charge >= 0.3 is 5.97 Å². The zero-order valence-corrected chi connectivity index (χ0v) is 10.8. The maximum Gasteiger partial charge on any atom is 0.371 e. The van der Waals surface area contributed by atoms with E-state index >= 15 is 0 Å². The first-order valence-corrected chi connectivity index (χ1v) is 6.88. The van der Waals surface area contributed by atoms with Gasteiger partial charge in [-0.25, -0.2) is 4.79 Å². The SMILES string of the molecule is O=C(O)c1ccc(C(O)C2CSc3ccccc32)o1. The summed E-state index contributed by atoms with van der Waals surface area (Å²) in [5.74, 6) is -0.259. The lowest BCUT2D eigenvalue weighted by atomic mass is 9.94. The predicted molar refractivity (Wildman–Crippen MR) is 70.5 cm³/mol. The first-order valence-electron chi connectivity index (χ1n) is 5.89. The minimum Gasteiger partial charge on any atom is -0.475 e. The van der Waals surface area contributed by atoms with E-state index in [1.165, 1.54) is 12.1 Å². The molecule has 0 fully saturated rings. The molecule has 1 aromatic heterocycles. The number of aromatic carboxylic acids is 1. The summed E-state index contributed by atoms with van der Waals surface area (Å²) in [4.78, 5) is 11.9. The Hall–Kier alpha value is -1.72. The largest absolute Gasteiger partial charge is 0.475 e. The molecule has 98 valence electrons. The van der Waals surface area contributed by atoms with Gasteiger partial charge in [0, 0.05) is 16.6 Å². The van der Waals surface area contributed by atoms with Gasteiger partial charge in [0.05, 0.1) is 0 Å². The average molecular weight is 276 g/mol. The number of aliphatic hydroxyl groups is 1. The molecule has 2 heterocycles. The fraction of sp³-hybridized carbons (Fsp3) is 0.214. The van der Waals surface area contributed by atoms with E-state index in [0.29, 0.717) is 5.76 Å². The molecule has 0 amide bonds. The number of carboxylic acids is 1. The molecule has 1 aliphatic rings. The second-order valence-corrected chi connectivity index (χ2v) is 5.47. The number of carbonyl (C=O) groups is 1. The number of benzene rings is 1. The lowest BCUT2D eigenvalue weighted by molar-refractivity contribution is 0.0647. The normalized spacial score (nSPS) is 19.1. The van der Waals surface area contributed by atoms with Gasteiger partial charge in [0.2, 0.25) is 5.76 Å². The highest BCUT2D eigenvalue weighted by molar-refractivity contribution is 7.99. The van der Waals surface area contributed by atoms with E-state index in [1.807, 2.05) is 24.3 Å². The minimum atomic E-state index is -1.13. The van der Waals surface area contributed by atoms with Crippen molar-refractivity contribution in [2.45, 2.75) is 16.9 Å². The molecule has 0 bridgehead atoms. The smallest absolute Gasteiger partial charge is 0.371 e. The van der Waals surface area contributed by atoms with Gasteiger partial charge in [-0.1, -0.05) is 18.2 Å². The van der Waals surface area contributed by atoms with Crippen molar-refractivity contribution in [2.75, 3.05) is 5.75 Å². The van der Waals surface area contributed by atoms with Crippen molar-refractivity contribution in [1.29, 1.82) is 0 Å². The third-order valence-electron chi connectivity index (χ3n) is 3.25. The standard InChI is InChI=1S/C14H12O4S/c15-13(10-5-6-11(18-10)14(16)17)9-7-19-12-4-2-1-3-8(9)12/h1-6,9,13,15H,7H2,(H,16,17). The summed E-state index contributed by atoms with van der Waals surface area (Å²) < 4.78 is 5.18. The van der Waals surface area contributed by atoms with Crippen LogP contribution in [0.25, 0.3) is 0 Å². The van der Waals surface area contributed by atoms with E-state index in [9.17, 15) is 9.90 Å². The van der Waals surface area contributed by atoms with Crippen LogP contribution in [0.1, 0.15) is 33.9 Å². The highest BCUT2D eigenvalue weighted by atomic mass is 32.2. The van der Waals surface area contributed by atoms with Crippen LogP contribution < -0.4 is 0 Å². The maximum atomic E-state index is 10.8. The first kappa shape index (κ1) is 12.3. The van der Waals surface area contributed by atoms with Crippen LogP contribution in [0.15, 0.2) is 45.7 Å². The van der Waals surface area contributed by atoms with Crippen LogP contribution in [0.3, 0.4) is 0 Å². The Morgan fingerprint density at radius 3 is 2.84 bits per heavy atom. The van der Waals surface area contributed by atoms with Crippen LogP contribution in [0.2, 0.25) is 0 Å². The molecule has 0 radical (unpaired) electrons. The predicted octanol–water partition coefficient (Wildman–Crippen LogP) is 2.90. The van der Waals surface area contributed by atoms with E-state index in [0.717, 1.165) is 16.2 Å². The van der Waals surface area contributed by atoms with E-state index in [4.69, 9.17) is 9.52 Å². The molecule has 1 aliphatic heterocycles. The number of thioether (sulfide) groups is 1. The van der Waals surface area contributed by atoms with Crippen molar-refractivity contribution in [2.24, 2.45) is 0 Å². The van der Waals surface area contributed by atoms with E-state index in [2.05, 4.69) is 0 Å². The molecule has 2 N–H and O–H groups in total. The molecule has 2 atom stereocenters. The van der Waals surface area contributed by atoms with Gasteiger partial charge in [-0.3, -0.25) is 0 Å². The van der Waals surface area contributed by atoms with Crippen molar-refractivity contribution in [3.63, 3.8) is 0 Å². The van der Waals surface area contributed by atoms with Crippen molar-refractivity contribution in [3.8, 4) is 0 Å². The summed E-state index contributed by atoms with van der Waals surface area (Å²) in [6, 6.07) is 10.8. The monoisotopic (exact) mass is 276 g/mol. The zero-order chi connectivity index (χ0) is 13.4. The Balaban J connectivity index is 1.88. The van der Waals surface area contributed by atoms with Gasteiger partial charge in [0.15, 0.2) is 0 Å². The number of carboxylic acid groups (broad SMARTS) is 1. The van der Waals surface area contributed by atoms with Crippen molar-refractivity contribution in [3.05, 3.63) is 53.5 Å². The molecule has 0 aliphatic carbocycles. The van der Waals surface area contributed by atoms with Gasteiger partial charge in [-0.2, -0.15) is 0 Å². The molecule has 1 aromatic carbocycles. The number of hydrogen-bond donors (Lipinski definition) is 2. The van der Waals surface area contributed by atoms with Crippen molar-refractivity contribution in [1.82, 2.24) is 0 Å². The first-order chi connectivity index (χ1) is 9.16. The Bertz CT molecular complexity index is 619. The van der Waals surface area contributed by atoms with E-state index in [1.54, 1.807) is 11.8 Å². The summed E-state index contributed by atoms with van der Waals surface area (Å²) in [5.41, 5.74) is 1.09. The summed E-state index contributed by atoms with van der Waals surface area (Å²) in [6.07, 6.45) is -0.816. The maximum absolute atomic E-state index is 10.8. The molecule has 19 heavy (non-hydrogen) atoms. The lowest BCUT2D eigenvalue weighted by Crippen LogP contribution is -2.09. The Labute approximate surface area is 114 Å². The minimum absolute atomic E-state index is 0.0611. The van der Waals surface area contributed by atoms with Crippen molar-refractivity contribution >= 4 is 17.7 Å². The van der Waals surface area contributed by atoms with Crippen molar-refractivity contribution < 1.29 is 19.4 Å². The molecule has 2 aromatic rings. The highest BCUT2D eigenvalue weighted by Crippen LogP contribution is 2.45. The van der Waals surface area contributed by atoms with E-state index in [-0.39, 0.29) is 11.7 Å². The lowest BCUT2D eigenvalue weighted by Gasteiger charge is -2.16. The second-order valence-electron chi connectivity index (χ2n) is 4.41. The van der Waals surface area contributed by atoms with Gasteiger partial charge in [0.25, 0.3) is 0 Å². The topological polar surface area (TPSA) is 70.7 Å². The summed E-state index contributed by atoms with van der Waals surface area (Å²) in [5, 5.41) is 19.2. The third kappa shape index (κ3) is 2.15. The molecule has 0 spiro atoms. The van der Waals surface area contributed by atoms with Crippen LogP contribution >= 0.6 is 11.8 Å². The zero-order valence-electron chi connectivity index (χ0n) is 9.95. The second kappa shape index (κ2) is 4.75. The average Bonchev–Trinajstić information content (AvgIpc) is 3.05. The van der Waals surface area contributed by atoms with Gasteiger partial charge in [-0.05, 0) is 23.8 Å². The molecule has 5 heteroatoms. The molecule has 4 nitrogen and oxygen atoms in total. The molecule has 0 saturated heterocycles. The fourth-order valence-electron chi connectivity index (χ4n) is 2.27. The van der Waals surface area contributed by atoms with Gasteiger partial charge in [-0.15, -0.1) is 11.8 Å². The van der Waals surface area contributed by atoms with E-state index < -0.39 is 12.1 Å².